The minimum atomic E-state index is -1.85. The third kappa shape index (κ3) is 3.32. The molecule has 5 rings (SSSR count). The highest BCUT2D eigenvalue weighted by Gasteiger charge is 2.73. The Hall–Kier alpha value is -0.940. The van der Waals surface area contributed by atoms with Crippen LogP contribution in [-0.4, -0.2) is 86.0 Å². The molecule has 5 N–H and O–H groups in total. The maximum Gasteiger partial charge on any atom is 0.187 e. The summed E-state index contributed by atoms with van der Waals surface area (Å²) in [5, 5.41) is 51.9. The molecule has 4 fully saturated rings. The van der Waals surface area contributed by atoms with Crippen molar-refractivity contribution in [3.8, 4) is 0 Å². The van der Waals surface area contributed by atoms with Gasteiger partial charge in [0.1, 0.15) is 30.1 Å². The van der Waals surface area contributed by atoms with Gasteiger partial charge in [-0.2, -0.15) is 0 Å². The van der Waals surface area contributed by atoms with Crippen LogP contribution in [0.4, 0.5) is 4.39 Å². The zero-order chi connectivity index (χ0) is 25.6. The summed E-state index contributed by atoms with van der Waals surface area (Å²) < 4.78 is 29.2. The second-order valence-corrected chi connectivity index (χ2v) is 12.2. The van der Waals surface area contributed by atoms with E-state index in [2.05, 4.69) is 0 Å². The van der Waals surface area contributed by atoms with Crippen molar-refractivity contribution in [1.82, 2.24) is 0 Å². The molecule has 0 bridgehead atoms. The SMILES string of the molecule is C[C@]12CCC(=O)C=C1CCC1C3CC[C@](C)(O[C@H]4O[C@@H](CO)[C@H](O)[C@@H](O)[C@@H]4O)[C@@]3(C)C[C@H](O)[C@@]12F. The van der Waals surface area contributed by atoms with Crippen molar-refractivity contribution < 1.29 is 44.2 Å². The molecule has 0 amide bonds. The van der Waals surface area contributed by atoms with Crippen LogP contribution in [0.2, 0.25) is 0 Å². The molecule has 5 aliphatic rings. The van der Waals surface area contributed by atoms with Crippen LogP contribution >= 0.6 is 0 Å². The van der Waals surface area contributed by atoms with E-state index in [0.29, 0.717) is 32.1 Å². The molecule has 35 heavy (non-hydrogen) atoms. The van der Waals surface area contributed by atoms with Crippen LogP contribution in [0.15, 0.2) is 11.6 Å². The predicted octanol–water partition coefficient (Wildman–Crippen LogP) is 1.16. The fourth-order valence-corrected chi connectivity index (χ4v) is 8.39. The molecule has 1 aliphatic heterocycles. The molecule has 1 heterocycles. The lowest BCUT2D eigenvalue weighted by atomic mass is 9.44. The van der Waals surface area contributed by atoms with Gasteiger partial charge in [-0.25, -0.2) is 4.39 Å². The van der Waals surface area contributed by atoms with Crippen LogP contribution in [0.3, 0.4) is 0 Å². The summed E-state index contributed by atoms with van der Waals surface area (Å²) in [5.41, 5.74) is -3.48. The Labute approximate surface area is 205 Å². The molecule has 1 saturated heterocycles. The van der Waals surface area contributed by atoms with Crippen molar-refractivity contribution in [3.63, 3.8) is 0 Å². The maximum atomic E-state index is 17.2. The Morgan fingerprint density at radius 2 is 1.74 bits per heavy atom. The maximum absolute atomic E-state index is 17.2. The standard InChI is InChI=1S/C26H39FO8/c1-23-8-6-14(29)10-13(23)4-5-16-15-7-9-25(3,24(15,2)11-18(30)26(16,23)27)35-22-21(33)20(32)19(31)17(12-28)34-22/h10,15-22,28,30-33H,4-9,11-12H2,1-3H3/t15?,16?,17-,18-,19-,20+,21-,22+,23-,24-,25-,26-/m0/s1. The number of carbonyl (C=O) groups is 1. The summed E-state index contributed by atoms with van der Waals surface area (Å²) >= 11 is 0. The summed E-state index contributed by atoms with van der Waals surface area (Å²) in [5.74, 6) is -0.482. The summed E-state index contributed by atoms with van der Waals surface area (Å²) in [6.45, 7) is 5.18. The molecular formula is C26H39FO8. The molecule has 4 aliphatic carbocycles. The molecule has 198 valence electrons. The van der Waals surface area contributed by atoms with Crippen molar-refractivity contribution in [2.75, 3.05) is 6.61 Å². The van der Waals surface area contributed by atoms with Gasteiger partial charge >= 0.3 is 0 Å². The predicted molar refractivity (Wildman–Crippen MR) is 122 cm³/mol. The number of hydrogen-bond donors (Lipinski definition) is 5. The van der Waals surface area contributed by atoms with Gasteiger partial charge in [0.2, 0.25) is 0 Å². The Bertz CT molecular complexity index is 910. The summed E-state index contributed by atoms with van der Waals surface area (Å²) in [6, 6.07) is 0. The van der Waals surface area contributed by atoms with Crippen molar-refractivity contribution >= 4 is 5.78 Å². The fraction of sp³-hybridized carbons (Fsp3) is 0.885. The van der Waals surface area contributed by atoms with Crippen LogP contribution < -0.4 is 0 Å². The van der Waals surface area contributed by atoms with Gasteiger partial charge < -0.3 is 35.0 Å². The molecule has 12 atom stereocenters. The van der Waals surface area contributed by atoms with Crippen LogP contribution in [0.25, 0.3) is 0 Å². The lowest BCUT2D eigenvalue weighted by Crippen LogP contribution is -2.69. The van der Waals surface area contributed by atoms with Crippen molar-refractivity contribution in [2.45, 2.75) is 114 Å². The van der Waals surface area contributed by atoms with Crippen LogP contribution in [0.1, 0.15) is 65.7 Å². The van der Waals surface area contributed by atoms with Gasteiger partial charge in [-0.15, -0.1) is 0 Å². The van der Waals surface area contributed by atoms with E-state index in [-0.39, 0.29) is 24.5 Å². The minimum absolute atomic E-state index is 0.0241. The molecular weight excluding hydrogens is 459 g/mol. The van der Waals surface area contributed by atoms with Gasteiger partial charge in [0, 0.05) is 23.2 Å². The summed E-state index contributed by atoms with van der Waals surface area (Å²) in [6.07, 6.45) is -3.38. The number of halogens is 1. The number of alkyl halides is 1. The number of hydrogen-bond acceptors (Lipinski definition) is 8. The highest BCUT2D eigenvalue weighted by molar-refractivity contribution is 5.91. The molecule has 0 spiro atoms. The van der Waals surface area contributed by atoms with E-state index in [9.17, 15) is 30.3 Å². The normalized spacial score (nSPS) is 56.1. The highest BCUT2D eigenvalue weighted by atomic mass is 19.1. The number of aliphatic hydroxyl groups is 5. The minimum Gasteiger partial charge on any atom is -0.394 e. The number of aliphatic hydroxyl groups excluding tert-OH is 5. The summed E-state index contributed by atoms with van der Waals surface area (Å²) in [7, 11) is 0. The first-order valence-corrected chi connectivity index (χ1v) is 12.9. The van der Waals surface area contributed by atoms with Gasteiger partial charge in [-0.1, -0.05) is 19.4 Å². The quantitative estimate of drug-likeness (QED) is 0.391. The highest BCUT2D eigenvalue weighted by Crippen LogP contribution is 2.70. The zero-order valence-corrected chi connectivity index (χ0v) is 20.7. The fourth-order valence-electron chi connectivity index (χ4n) is 8.39. The first kappa shape index (κ1) is 25.7. The monoisotopic (exact) mass is 498 g/mol. The number of ketones is 1. The van der Waals surface area contributed by atoms with Crippen molar-refractivity contribution in [2.24, 2.45) is 22.7 Å². The van der Waals surface area contributed by atoms with Crippen LogP contribution in [0.5, 0.6) is 0 Å². The van der Waals surface area contributed by atoms with E-state index in [1.807, 2.05) is 20.8 Å². The van der Waals surface area contributed by atoms with Gasteiger partial charge in [-0.3, -0.25) is 4.79 Å². The smallest absolute Gasteiger partial charge is 0.187 e. The molecule has 8 nitrogen and oxygen atoms in total. The van der Waals surface area contributed by atoms with E-state index in [1.165, 1.54) is 0 Å². The average molecular weight is 499 g/mol. The number of allylic oxidation sites excluding steroid dienone is 1. The van der Waals surface area contributed by atoms with E-state index in [4.69, 9.17) is 9.47 Å². The second kappa shape index (κ2) is 8.28. The lowest BCUT2D eigenvalue weighted by molar-refractivity contribution is -0.342. The van der Waals surface area contributed by atoms with E-state index < -0.39 is 71.4 Å². The van der Waals surface area contributed by atoms with Gasteiger partial charge in [-0.05, 0) is 57.4 Å². The summed E-state index contributed by atoms with van der Waals surface area (Å²) in [4.78, 5) is 12.1. The van der Waals surface area contributed by atoms with Crippen LogP contribution in [-0.2, 0) is 14.3 Å². The molecule has 0 aromatic heterocycles. The van der Waals surface area contributed by atoms with Crippen molar-refractivity contribution in [1.29, 1.82) is 0 Å². The largest absolute Gasteiger partial charge is 0.394 e. The topological polar surface area (TPSA) is 137 Å². The number of rotatable bonds is 3. The molecule has 2 unspecified atom stereocenters. The Balaban J connectivity index is 1.45. The number of fused-ring (bicyclic) bond motifs is 5. The Morgan fingerprint density at radius 1 is 1.03 bits per heavy atom. The Kier molecular flexibility index (Phi) is 6.08. The Morgan fingerprint density at radius 3 is 2.43 bits per heavy atom. The first-order valence-electron chi connectivity index (χ1n) is 12.9. The van der Waals surface area contributed by atoms with Crippen molar-refractivity contribution in [3.05, 3.63) is 11.6 Å². The average Bonchev–Trinajstić information content (AvgIpc) is 3.06. The first-order chi connectivity index (χ1) is 16.3. The third-order valence-corrected chi connectivity index (χ3v) is 10.8. The van der Waals surface area contributed by atoms with E-state index >= 15 is 4.39 Å². The third-order valence-electron chi connectivity index (χ3n) is 10.8. The molecule has 9 heteroatoms. The second-order valence-electron chi connectivity index (χ2n) is 12.2. The number of ether oxygens (including phenoxy) is 2. The molecule has 0 aromatic carbocycles. The lowest BCUT2D eigenvalue weighted by Gasteiger charge is -2.64. The van der Waals surface area contributed by atoms with Gasteiger partial charge in [0.25, 0.3) is 0 Å². The van der Waals surface area contributed by atoms with Crippen LogP contribution in [0, 0.1) is 22.7 Å². The molecule has 0 aromatic rings. The van der Waals surface area contributed by atoms with Gasteiger partial charge in [0.15, 0.2) is 12.1 Å². The molecule has 0 radical (unpaired) electrons. The van der Waals surface area contributed by atoms with E-state index in [0.717, 1.165) is 5.57 Å². The molecule has 3 saturated carbocycles. The van der Waals surface area contributed by atoms with Gasteiger partial charge in [0.05, 0.1) is 18.3 Å². The van der Waals surface area contributed by atoms with E-state index in [1.54, 1.807) is 6.08 Å². The number of carbonyl (C=O) groups excluding carboxylic acids is 1. The zero-order valence-electron chi connectivity index (χ0n) is 20.7.